The minimum atomic E-state index is -0.518. The maximum Gasteiger partial charge on any atom is 0.0995 e. The molecule has 0 amide bonds. The SMILES string of the molecule is CN(Cc1ccccc1C#N)CC(C)(CO)CO. The summed E-state index contributed by atoms with van der Waals surface area (Å²) in [6, 6.07) is 9.62. The van der Waals surface area contributed by atoms with Crippen LogP contribution in [0.1, 0.15) is 18.1 Å². The zero-order valence-electron chi connectivity index (χ0n) is 10.9. The molecule has 0 aliphatic carbocycles. The van der Waals surface area contributed by atoms with E-state index in [-0.39, 0.29) is 13.2 Å². The van der Waals surface area contributed by atoms with Gasteiger partial charge in [0.2, 0.25) is 0 Å². The minimum absolute atomic E-state index is 0.0618. The number of rotatable bonds is 6. The second kappa shape index (κ2) is 6.50. The second-order valence-corrected chi connectivity index (χ2v) is 5.07. The predicted molar refractivity (Wildman–Crippen MR) is 69.8 cm³/mol. The summed E-state index contributed by atoms with van der Waals surface area (Å²) in [5.41, 5.74) is 1.11. The molecule has 2 N–H and O–H groups in total. The van der Waals surface area contributed by atoms with Gasteiger partial charge in [0.05, 0.1) is 24.8 Å². The van der Waals surface area contributed by atoms with Gasteiger partial charge in [0.25, 0.3) is 0 Å². The molecule has 98 valence electrons. The van der Waals surface area contributed by atoms with Gasteiger partial charge in [0.1, 0.15) is 0 Å². The average molecular weight is 248 g/mol. The number of aliphatic hydroxyl groups is 2. The third kappa shape index (κ3) is 3.81. The molecule has 1 rings (SSSR count). The molecule has 0 aliphatic heterocycles. The van der Waals surface area contributed by atoms with Crippen molar-refractivity contribution in [1.29, 1.82) is 5.26 Å². The topological polar surface area (TPSA) is 67.5 Å². The summed E-state index contributed by atoms with van der Waals surface area (Å²) in [5, 5.41) is 27.5. The molecular weight excluding hydrogens is 228 g/mol. The van der Waals surface area contributed by atoms with Crippen molar-refractivity contribution >= 4 is 0 Å². The van der Waals surface area contributed by atoms with Gasteiger partial charge < -0.3 is 15.1 Å². The summed E-state index contributed by atoms with van der Waals surface area (Å²) in [5.74, 6) is 0. The first-order chi connectivity index (χ1) is 8.54. The highest BCUT2D eigenvalue weighted by atomic mass is 16.3. The van der Waals surface area contributed by atoms with Gasteiger partial charge in [-0.15, -0.1) is 0 Å². The van der Waals surface area contributed by atoms with E-state index in [2.05, 4.69) is 6.07 Å². The maximum absolute atomic E-state index is 9.26. The lowest BCUT2D eigenvalue weighted by Crippen LogP contribution is -2.38. The van der Waals surface area contributed by atoms with Crippen molar-refractivity contribution in [3.8, 4) is 6.07 Å². The van der Waals surface area contributed by atoms with Crippen LogP contribution in [-0.4, -0.2) is 41.9 Å². The summed E-state index contributed by atoms with van der Waals surface area (Å²) >= 11 is 0. The van der Waals surface area contributed by atoms with Crippen molar-refractivity contribution in [3.63, 3.8) is 0 Å². The van der Waals surface area contributed by atoms with Crippen LogP contribution in [0.4, 0.5) is 0 Å². The molecule has 0 unspecified atom stereocenters. The van der Waals surface area contributed by atoms with E-state index in [0.717, 1.165) is 5.56 Å². The Morgan fingerprint density at radius 2 is 1.89 bits per heavy atom. The van der Waals surface area contributed by atoms with Gasteiger partial charge in [0, 0.05) is 18.5 Å². The fourth-order valence-corrected chi connectivity index (χ4v) is 1.92. The number of aliphatic hydroxyl groups excluding tert-OH is 2. The van der Waals surface area contributed by atoms with Crippen LogP contribution in [0.2, 0.25) is 0 Å². The number of nitrogens with zero attached hydrogens (tertiary/aromatic N) is 2. The molecule has 0 saturated heterocycles. The molecule has 0 heterocycles. The summed E-state index contributed by atoms with van der Waals surface area (Å²) < 4.78 is 0. The highest BCUT2D eigenvalue weighted by molar-refractivity contribution is 5.37. The molecule has 0 bridgehead atoms. The summed E-state index contributed by atoms with van der Waals surface area (Å²) in [7, 11) is 1.91. The van der Waals surface area contributed by atoms with Gasteiger partial charge in [-0.1, -0.05) is 25.1 Å². The third-order valence-electron chi connectivity index (χ3n) is 2.99. The van der Waals surface area contributed by atoms with Crippen molar-refractivity contribution in [3.05, 3.63) is 35.4 Å². The van der Waals surface area contributed by atoms with Crippen LogP contribution < -0.4 is 0 Å². The van der Waals surface area contributed by atoms with E-state index in [9.17, 15) is 10.2 Å². The normalized spacial score (nSPS) is 11.6. The van der Waals surface area contributed by atoms with Gasteiger partial charge in [0.15, 0.2) is 0 Å². The van der Waals surface area contributed by atoms with Crippen molar-refractivity contribution in [2.75, 3.05) is 26.8 Å². The molecule has 0 aliphatic rings. The lowest BCUT2D eigenvalue weighted by Gasteiger charge is -2.30. The van der Waals surface area contributed by atoms with Gasteiger partial charge in [-0.3, -0.25) is 0 Å². The first-order valence-electron chi connectivity index (χ1n) is 5.93. The average Bonchev–Trinajstić information content (AvgIpc) is 2.39. The minimum Gasteiger partial charge on any atom is -0.396 e. The molecule has 1 aromatic carbocycles. The predicted octanol–water partition coefficient (Wildman–Crippen LogP) is 0.981. The van der Waals surface area contributed by atoms with E-state index in [1.165, 1.54) is 0 Å². The van der Waals surface area contributed by atoms with E-state index in [0.29, 0.717) is 18.7 Å². The van der Waals surface area contributed by atoms with Gasteiger partial charge in [-0.05, 0) is 18.7 Å². The summed E-state index contributed by atoms with van der Waals surface area (Å²) in [6.07, 6.45) is 0. The van der Waals surface area contributed by atoms with Crippen molar-refractivity contribution in [2.24, 2.45) is 5.41 Å². The standard InChI is InChI=1S/C14H20N2O2/c1-14(10-17,11-18)9-16(2)8-13-6-4-3-5-12(13)7-15/h3-6,17-18H,8-11H2,1-2H3. The highest BCUT2D eigenvalue weighted by Crippen LogP contribution is 2.18. The van der Waals surface area contributed by atoms with Crippen LogP contribution in [0.15, 0.2) is 24.3 Å². The Labute approximate surface area is 108 Å². The molecule has 0 radical (unpaired) electrons. The van der Waals surface area contributed by atoms with Crippen LogP contribution >= 0.6 is 0 Å². The second-order valence-electron chi connectivity index (χ2n) is 5.07. The molecule has 0 spiro atoms. The van der Waals surface area contributed by atoms with Crippen LogP contribution in [-0.2, 0) is 6.54 Å². The first kappa shape index (κ1) is 14.7. The molecule has 0 saturated carbocycles. The first-order valence-corrected chi connectivity index (χ1v) is 5.93. The van der Waals surface area contributed by atoms with Crippen molar-refractivity contribution < 1.29 is 10.2 Å². The third-order valence-corrected chi connectivity index (χ3v) is 2.99. The largest absolute Gasteiger partial charge is 0.396 e. The summed E-state index contributed by atoms with van der Waals surface area (Å²) in [6.45, 7) is 2.90. The molecule has 1 aromatic rings. The lowest BCUT2D eigenvalue weighted by molar-refractivity contribution is 0.0402. The lowest BCUT2D eigenvalue weighted by atomic mass is 9.92. The van der Waals surface area contributed by atoms with Crippen LogP contribution in [0.5, 0.6) is 0 Å². The number of hydrogen-bond acceptors (Lipinski definition) is 4. The van der Waals surface area contributed by atoms with E-state index < -0.39 is 5.41 Å². The Morgan fingerprint density at radius 1 is 1.28 bits per heavy atom. The van der Waals surface area contributed by atoms with E-state index in [1.807, 2.05) is 37.1 Å². The molecular formula is C14H20N2O2. The van der Waals surface area contributed by atoms with Crippen molar-refractivity contribution in [2.45, 2.75) is 13.5 Å². The molecule has 4 nitrogen and oxygen atoms in total. The Kier molecular flexibility index (Phi) is 5.29. The van der Waals surface area contributed by atoms with Gasteiger partial charge in [-0.2, -0.15) is 5.26 Å². The number of hydrogen-bond donors (Lipinski definition) is 2. The van der Waals surface area contributed by atoms with E-state index >= 15 is 0 Å². The molecule has 0 atom stereocenters. The maximum atomic E-state index is 9.26. The van der Waals surface area contributed by atoms with Crippen molar-refractivity contribution in [1.82, 2.24) is 4.90 Å². The monoisotopic (exact) mass is 248 g/mol. The Balaban J connectivity index is 2.71. The molecule has 0 fully saturated rings. The van der Waals surface area contributed by atoms with Crippen LogP contribution in [0, 0.1) is 16.7 Å². The van der Waals surface area contributed by atoms with Gasteiger partial charge in [-0.25, -0.2) is 0 Å². The zero-order chi connectivity index (χ0) is 13.6. The number of benzene rings is 1. The van der Waals surface area contributed by atoms with Gasteiger partial charge >= 0.3 is 0 Å². The fraction of sp³-hybridized carbons (Fsp3) is 0.500. The molecule has 0 aromatic heterocycles. The smallest absolute Gasteiger partial charge is 0.0995 e. The molecule has 4 heteroatoms. The van der Waals surface area contributed by atoms with E-state index in [4.69, 9.17) is 5.26 Å². The quantitative estimate of drug-likeness (QED) is 0.787. The Morgan fingerprint density at radius 3 is 2.44 bits per heavy atom. The highest BCUT2D eigenvalue weighted by Gasteiger charge is 2.24. The Hall–Kier alpha value is -1.41. The van der Waals surface area contributed by atoms with Crippen LogP contribution in [0.3, 0.4) is 0 Å². The fourth-order valence-electron chi connectivity index (χ4n) is 1.92. The molecule has 18 heavy (non-hydrogen) atoms. The zero-order valence-corrected chi connectivity index (χ0v) is 10.9. The van der Waals surface area contributed by atoms with E-state index in [1.54, 1.807) is 6.07 Å². The Bertz CT molecular complexity index is 422. The summed E-state index contributed by atoms with van der Waals surface area (Å²) in [4.78, 5) is 2.00. The van der Waals surface area contributed by atoms with Crippen LogP contribution in [0.25, 0.3) is 0 Å². The number of nitriles is 1.